The molecule has 214 valence electrons. The predicted octanol–water partition coefficient (Wildman–Crippen LogP) is 4.99. The lowest BCUT2D eigenvalue weighted by Gasteiger charge is -2.33. The van der Waals surface area contributed by atoms with Crippen LogP contribution in [-0.2, 0) is 11.0 Å². The second-order valence-corrected chi connectivity index (χ2v) is 10.8. The molecule has 1 amide bonds. The van der Waals surface area contributed by atoms with Crippen LogP contribution in [0.4, 0.5) is 13.2 Å². The molecule has 1 saturated carbocycles. The summed E-state index contributed by atoms with van der Waals surface area (Å²) in [6.07, 6.45) is -2.83. The molecule has 1 aliphatic heterocycles. The highest BCUT2D eigenvalue weighted by Gasteiger charge is 2.54. The molecule has 0 bridgehead atoms. The van der Waals surface area contributed by atoms with Gasteiger partial charge in [0.15, 0.2) is 17.2 Å². The van der Waals surface area contributed by atoms with Gasteiger partial charge in [-0.1, -0.05) is 12.1 Å². The highest BCUT2D eigenvalue weighted by molar-refractivity contribution is 5.95. The van der Waals surface area contributed by atoms with Crippen LogP contribution in [-0.4, -0.2) is 43.4 Å². The van der Waals surface area contributed by atoms with Gasteiger partial charge in [-0.15, -0.1) is 0 Å². The number of hydrogen-bond acceptors (Lipinski definition) is 7. The third-order valence-corrected chi connectivity index (χ3v) is 7.43. The lowest BCUT2D eigenvalue weighted by Crippen LogP contribution is -2.49. The molecule has 3 N–H and O–H groups in total. The molecule has 2 heterocycles. The van der Waals surface area contributed by atoms with E-state index in [0.717, 1.165) is 19.8 Å². The van der Waals surface area contributed by atoms with Crippen molar-refractivity contribution < 1.29 is 32.2 Å². The van der Waals surface area contributed by atoms with Crippen LogP contribution >= 0.6 is 0 Å². The van der Waals surface area contributed by atoms with E-state index < -0.39 is 29.6 Å². The van der Waals surface area contributed by atoms with Crippen LogP contribution in [0.5, 0.6) is 17.2 Å². The fourth-order valence-corrected chi connectivity index (χ4v) is 4.55. The first-order chi connectivity index (χ1) is 19.4. The zero-order chi connectivity index (χ0) is 29.6. The summed E-state index contributed by atoms with van der Waals surface area (Å²) in [7, 11) is 1.43. The summed E-state index contributed by atoms with van der Waals surface area (Å²) in [5, 5.41) is 11.6. The highest BCUT2D eigenvalue weighted by Crippen LogP contribution is 2.47. The predicted molar refractivity (Wildman–Crippen MR) is 144 cm³/mol. The van der Waals surface area contributed by atoms with E-state index >= 15 is 0 Å². The number of ether oxygens (including phenoxy) is 3. The number of alkyl halides is 3. The van der Waals surface area contributed by atoms with Crippen LogP contribution in [0.1, 0.15) is 53.9 Å². The number of amides is 1. The second kappa shape index (κ2) is 10.3. The molecule has 1 aromatic heterocycles. The van der Waals surface area contributed by atoms with Gasteiger partial charge < -0.3 is 25.3 Å². The van der Waals surface area contributed by atoms with Crippen LogP contribution in [0, 0.1) is 11.3 Å². The number of nitrogens with one attached hydrogen (secondary N) is 1. The Hall–Kier alpha value is -4.30. The van der Waals surface area contributed by atoms with Crippen molar-refractivity contribution in [3.8, 4) is 34.6 Å². The molecule has 11 heteroatoms. The second-order valence-electron chi connectivity index (χ2n) is 10.8. The summed E-state index contributed by atoms with van der Waals surface area (Å²) in [5.41, 5.74) is 3.96. The number of nitrogens with zero attached hydrogens (tertiary/aromatic N) is 2. The summed E-state index contributed by atoms with van der Waals surface area (Å²) in [6.45, 7) is 1.92. The van der Waals surface area contributed by atoms with Gasteiger partial charge in [0.1, 0.15) is 17.7 Å². The van der Waals surface area contributed by atoms with Gasteiger partial charge in [-0.2, -0.15) is 18.4 Å². The van der Waals surface area contributed by atoms with Crippen molar-refractivity contribution >= 4 is 5.91 Å². The quantitative estimate of drug-likeness (QED) is 0.394. The number of nitriles is 1. The van der Waals surface area contributed by atoms with Gasteiger partial charge in [0.2, 0.25) is 0 Å². The molecular weight excluding hydrogens is 537 g/mol. The van der Waals surface area contributed by atoms with Crippen molar-refractivity contribution in [1.29, 1.82) is 5.26 Å². The Labute approximate surface area is 235 Å². The lowest BCUT2D eigenvalue weighted by molar-refractivity contribution is -0.184. The van der Waals surface area contributed by atoms with Crippen molar-refractivity contribution in [1.82, 2.24) is 10.3 Å². The number of carbonyl (C=O) groups is 1. The number of carbonyl (C=O) groups excluding carboxylic acids is 1. The molecule has 3 aromatic rings. The number of fused-ring (bicyclic) bond motifs is 1. The number of benzene rings is 2. The normalized spacial score (nSPS) is 19.4. The van der Waals surface area contributed by atoms with Crippen LogP contribution in [0.15, 0.2) is 48.5 Å². The van der Waals surface area contributed by atoms with Gasteiger partial charge >= 0.3 is 6.18 Å². The van der Waals surface area contributed by atoms with Crippen molar-refractivity contribution in [2.24, 2.45) is 5.73 Å². The van der Waals surface area contributed by atoms with E-state index in [1.807, 2.05) is 6.07 Å². The minimum Gasteiger partial charge on any atom is -0.493 e. The van der Waals surface area contributed by atoms with Crippen LogP contribution in [0.25, 0.3) is 11.3 Å². The number of methoxy groups -OCH3 is 1. The van der Waals surface area contributed by atoms with Crippen molar-refractivity contribution in [3.63, 3.8) is 0 Å². The van der Waals surface area contributed by atoms with Gasteiger partial charge in [-0.25, -0.2) is 4.98 Å². The van der Waals surface area contributed by atoms with Gasteiger partial charge in [0.05, 0.1) is 36.1 Å². The third kappa shape index (κ3) is 5.39. The first-order valence-corrected chi connectivity index (χ1v) is 13.0. The Morgan fingerprint density at radius 3 is 2.51 bits per heavy atom. The summed E-state index contributed by atoms with van der Waals surface area (Å²) in [4.78, 5) is 17.5. The largest absolute Gasteiger partial charge is 0.493 e. The monoisotopic (exact) mass is 566 g/mol. The van der Waals surface area contributed by atoms with Crippen LogP contribution < -0.4 is 25.3 Å². The van der Waals surface area contributed by atoms with E-state index in [1.54, 1.807) is 37.3 Å². The minimum absolute atomic E-state index is 0.0541. The van der Waals surface area contributed by atoms with E-state index in [2.05, 4.69) is 10.3 Å². The number of halogens is 3. The van der Waals surface area contributed by atoms with Gasteiger partial charge in [-0.3, -0.25) is 4.79 Å². The highest BCUT2D eigenvalue weighted by atomic mass is 19.4. The van der Waals surface area contributed by atoms with Gasteiger partial charge in [0.25, 0.3) is 5.91 Å². The summed E-state index contributed by atoms with van der Waals surface area (Å²) < 4.78 is 61.3. The zero-order valence-corrected chi connectivity index (χ0v) is 22.8. The maximum absolute atomic E-state index is 14.8. The van der Waals surface area contributed by atoms with Crippen molar-refractivity contribution in [2.45, 2.75) is 49.9 Å². The number of nitrogens with two attached hydrogens (primary N) is 1. The molecule has 1 fully saturated rings. The van der Waals surface area contributed by atoms with Gasteiger partial charge in [-0.05, 0) is 63.1 Å². The minimum atomic E-state index is -4.80. The average molecular weight is 567 g/mol. The molecule has 2 atom stereocenters. The van der Waals surface area contributed by atoms with Crippen molar-refractivity contribution in [3.05, 3.63) is 70.9 Å². The smallest absolute Gasteiger partial charge is 0.401 e. The Bertz CT molecular complexity index is 1530. The number of hydrogen-bond donors (Lipinski definition) is 2. The first kappa shape index (κ1) is 28.2. The number of aromatic nitrogens is 1. The summed E-state index contributed by atoms with van der Waals surface area (Å²) in [6, 6.07) is 14.1. The SMILES string of the molecule is COc1cc(C(=O)NCC(C)(c2cc3c(c(-c4ccc(C#N)cc4)n2)OCC3(C)N)C(F)(F)F)ccc1OC1CC1. The van der Waals surface area contributed by atoms with Crippen LogP contribution in [0.3, 0.4) is 0 Å². The van der Waals surface area contributed by atoms with E-state index in [0.29, 0.717) is 28.2 Å². The maximum atomic E-state index is 14.8. The Morgan fingerprint density at radius 2 is 1.90 bits per heavy atom. The molecule has 2 aliphatic rings. The van der Waals surface area contributed by atoms with Crippen molar-refractivity contribution in [2.75, 3.05) is 20.3 Å². The van der Waals surface area contributed by atoms with E-state index in [1.165, 1.54) is 25.3 Å². The Kier molecular flexibility index (Phi) is 7.07. The van der Waals surface area contributed by atoms with E-state index in [9.17, 15) is 18.0 Å². The molecule has 0 saturated heterocycles. The fourth-order valence-electron chi connectivity index (χ4n) is 4.55. The van der Waals surface area contributed by atoms with E-state index in [4.69, 9.17) is 25.2 Å². The van der Waals surface area contributed by atoms with E-state index in [-0.39, 0.29) is 35.4 Å². The number of pyridine rings is 1. The molecule has 41 heavy (non-hydrogen) atoms. The standard InChI is InChI=1S/C30H29F3N4O4/c1-28(30(31,32)33,15-36-27(38)19-8-11-22(23(12-19)39-3)41-20-9-10-20)24-13-21-26(40-16-29(21,2)35)25(37-24)18-6-4-17(14-34)5-7-18/h4-8,11-13,20H,9-10,15-16,35H2,1-3H3,(H,36,38). The molecule has 0 spiro atoms. The molecule has 2 aromatic carbocycles. The zero-order valence-electron chi connectivity index (χ0n) is 22.8. The third-order valence-electron chi connectivity index (χ3n) is 7.43. The lowest BCUT2D eigenvalue weighted by atomic mass is 9.82. The average Bonchev–Trinajstić information content (AvgIpc) is 3.72. The van der Waals surface area contributed by atoms with Gasteiger partial charge in [0, 0.05) is 23.2 Å². The van der Waals surface area contributed by atoms with Crippen LogP contribution in [0.2, 0.25) is 0 Å². The molecule has 1 aliphatic carbocycles. The molecule has 0 radical (unpaired) electrons. The Balaban J connectivity index is 1.50. The molecule has 2 unspecified atom stereocenters. The fraction of sp³-hybridized carbons (Fsp3) is 0.367. The molecule has 5 rings (SSSR count). The first-order valence-electron chi connectivity index (χ1n) is 13.0. The topological polar surface area (TPSA) is 119 Å². The molecule has 8 nitrogen and oxygen atoms in total. The maximum Gasteiger partial charge on any atom is 0.401 e. The summed E-state index contributed by atoms with van der Waals surface area (Å²) in [5.74, 6) is 0.365. The molecular formula is C30H29F3N4O4. The summed E-state index contributed by atoms with van der Waals surface area (Å²) >= 11 is 0. The Morgan fingerprint density at radius 1 is 1.20 bits per heavy atom. The number of rotatable bonds is 8.